The van der Waals surface area contributed by atoms with Crippen molar-refractivity contribution in [2.45, 2.75) is 18.2 Å². The minimum atomic E-state index is -4.06. The Balaban J connectivity index is 2.15. The first kappa shape index (κ1) is 14.3. The highest BCUT2D eigenvalue weighted by Gasteiger charge is 2.32. The fourth-order valence-electron chi connectivity index (χ4n) is 1.84. The summed E-state index contributed by atoms with van der Waals surface area (Å²) in [4.78, 5) is 11.4. The molecule has 1 amide bonds. The molecule has 0 aliphatic heterocycles. The van der Waals surface area contributed by atoms with Gasteiger partial charge in [-0.2, -0.15) is 0 Å². The molecule has 1 aliphatic rings. The maximum absolute atomic E-state index is 13.3. The summed E-state index contributed by atoms with van der Waals surface area (Å²) in [5.74, 6) is -0.271. The van der Waals surface area contributed by atoms with Crippen LogP contribution in [0.4, 0.5) is 4.39 Å². The van der Waals surface area contributed by atoms with Crippen molar-refractivity contribution in [3.8, 4) is 0 Å². The normalized spacial score (nSPS) is 22.1. The van der Waals surface area contributed by atoms with Crippen LogP contribution in [0.5, 0.6) is 0 Å². The molecule has 2 atom stereocenters. The van der Waals surface area contributed by atoms with E-state index in [1.807, 2.05) is 0 Å². The number of hydrogen-bond acceptors (Lipinski definition) is 3. The van der Waals surface area contributed by atoms with Gasteiger partial charge in [0.1, 0.15) is 5.82 Å². The molecule has 7 heteroatoms. The van der Waals surface area contributed by atoms with E-state index in [2.05, 4.69) is 12.2 Å². The molecular weight excluding hydrogens is 293 g/mol. The lowest BCUT2D eigenvalue weighted by Gasteiger charge is -2.06. The van der Waals surface area contributed by atoms with Gasteiger partial charge in [-0.15, -0.1) is 0 Å². The van der Waals surface area contributed by atoms with Gasteiger partial charge < -0.3 is 5.32 Å². The van der Waals surface area contributed by atoms with Crippen molar-refractivity contribution in [3.05, 3.63) is 29.6 Å². The Labute approximate surface area is 115 Å². The molecule has 19 heavy (non-hydrogen) atoms. The fourth-order valence-corrected chi connectivity index (χ4v) is 2.63. The second kappa shape index (κ2) is 5.09. The Kier molecular flexibility index (Phi) is 3.82. The first-order valence-corrected chi connectivity index (χ1v) is 8.12. The van der Waals surface area contributed by atoms with Crippen LogP contribution in [-0.2, 0) is 9.05 Å². The predicted molar refractivity (Wildman–Crippen MR) is 69.0 cm³/mol. The highest BCUT2D eigenvalue weighted by molar-refractivity contribution is 8.13. The van der Waals surface area contributed by atoms with Gasteiger partial charge in [0.25, 0.3) is 15.0 Å². The molecule has 1 saturated carbocycles. The summed E-state index contributed by atoms with van der Waals surface area (Å²) in [5.41, 5.74) is -0.0486. The zero-order valence-electron chi connectivity index (χ0n) is 10.2. The van der Waals surface area contributed by atoms with E-state index < -0.39 is 25.7 Å². The lowest BCUT2D eigenvalue weighted by atomic mass is 10.2. The van der Waals surface area contributed by atoms with Gasteiger partial charge >= 0.3 is 0 Å². The van der Waals surface area contributed by atoms with Crippen molar-refractivity contribution in [1.82, 2.24) is 5.32 Å². The summed E-state index contributed by atoms with van der Waals surface area (Å²) < 4.78 is 35.6. The topological polar surface area (TPSA) is 63.2 Å². The van der Waals surface area contributed by atoms with Crippen LogP contribution < -0.4 is 5.32 Å². The van der Waals surface area contributed by atoms with E-state index in [1.54, 1.807) is 0 Å². The van der Waals surface area contributed by atoms with Crippen LogP contribution in [0.25, 0.3) is 0 Å². The molecular formula is C12H13ClFNO3S. The van der Waals surface area contributed by atoms with Crippen LogP contribution in [0, 0.1) is 17.7 Å². The maximum atomic E-state index is 13.3. The maximum Gasteiger partial charge on any atom is 0.261 e. The smallest absolute Gasteiger partial charge is 0.261 e. The second-order valence-corrected chi connectivity index (χ2v) is 7.36. The summed E-state index contributed by atoms with van der Waals surface area (Å²) in [6, 6.07) is 2.83. The van der Waals surface area contributed by atoms with Crippen LogP contribution in [0.3, 0.4) is 0 Å². The van der Waals surface area contributed by atoms with E-state index in [4.69, 9.17) is 10.7 Å². The third-order valence-corrected chi connectivity index (χ3v) is 4.55. The molecule has 2 unspecified atom stereocenters. The van der Waals surface area contributed by atoms with Crippen LogP contribution in [0.15, 0.2) is 23.1 Å². The Bertz CT molecular complexity index is 617. The summed E-state index contributed by atoms with van der Waals surface area (Å²) in [6.07, 6.45) is 1.06. The number of nitrogens with one attached hydrogen (secondary N) is 1. The molecule has 0 saturated heterocycles. The van der Waals surface area contributed by atoms with E-state index in [0.29, 0.717) is 18.4 Å². The molecule has 104 valence electrons. The minimum Gasteiger partial charge on any atom is -0.352 e. The summed E-state index contributed by atoms with van der Waals surface area (Å²) in [6.45, 7) is 2.59. The molecule has 4 nitrogen and oxygen atoms in total. The number of benzene rings is 1. The van der Waals surface area contributed by atoms with E-state index in [0.717, 1.165) is 24.6 Å². The van der Waals surface area contributed by atoms with Gasteiger partial charge in [-0.25, -0.2) is 12.8 Å². The van der Waals surface area contributed by atoms with Crippen molar-refractivity contribution in [1.29, 1.82) is 0 Å². The Hall–Kier alpha value is -1.14. The van der Waals surface area contributed by atoms with Crippen LogP contribution in [0.2, 0.25) is 0 Å². The number of carbonyl (C=O) groups is 1. The van der Waals surface area contributed by atoms with Crippen molar-refractivity contribution in [3.63, 3.8) is 0 Å². The number of halogens is 2. The first-order valence-electron chi connectivity index (χ1n) is 5.81. The molecule has 1 aliphatic carbocycles. The molecule has 0 aromatic heterocycles. The number of rotatable bonds is 4. The third-order valence-electron chi connectivity index (χ3n) is 3.22. The van der Waals surface area contributed by atoms with Gasteiger partial charge in [-0.3, -0.25) is 4.79 Å². The van der Waals surface area contributed by atoms with Crippen molar-refractivity contribution in [2.75, 3.05) is 6.54 Å². The second-order valence-electron chi connectivity index (χ2n) is 4.80. The average Bonchev–Trinajstić information content (AvgIpc) is 3.00. The fraction of sp³-hybridized carbons (Fsp3) is 0.417. The van der Waals surface area contributed by atoms with Gasteiger partial charge in [0.2, 0.25) is 0 Å². The molecule has 1 fully saturated rings. The largest absolute Gasteiger partial charge is 0.352 e. The average molecular weight is 306 g/mol. The Morgan fingerprint density at radius 3 is 2.63 bits per heavy atom. The van der Waals surface area contributed by atoms with Gasteiger partial charge in [-0.1, -0.05) is 6.92 Å². The van der Waals surface area contributed by atoms with E-state index in [9.17, 15) is 17.6 Å². The highest BCUT2D eigenvalue weighted by Crippen LogP contribution is 2.36. The molecule has 1 N–H and O–H groups in total. The Morgan fingerprint density at radius 1 is 1.47 bits per heavy atom. The van der Waals surface area contributed by atoms with Gasteiger partial charge in [0, 0.05) is 22.8 Å². The third kappa shape index (κ3) is 3.67. The summed E-state index contributed by atoms with van der Waals surface area (Å²) in [5, 5.41) is 2.65. The predicted octanol–water partition coefficient (Wildman–Crippen LogP) is 2.14. The van der Waals surface area contributed by atoms with Gasteiger partial charge in [0.15, 0.2) is 0 Å². The van der Waals surface area contributed by atoms with E-state index >= 15 is 0 Å². The Morgan fingerprint density at radius 2 is 2.11 bits per heavy atom. The van der Waals surface area contributed by atoms with E-state index in [1.165, 1.54) is 0 Å². The highest BCUT2D eigenvalue weighted by atomic mass is 35.7. The molecule has 0 heterocycles. The first-order chi connectivity index (χ1) is 8.77. The van der Waals surface area contributed by atoms with Crippen molar-refractivity contribution >= 4 is 25.6 Å². The van der Waals surface area contributed by atoms with Gasteiger partial charge in [-0.05, 0) is 36.5 Å². The minimum absolute atomic E-state index is 0.0486. The van der Waals surface area contributed by atoms with Crippen molar-refractivity contribution < 1.29 is 17.6 Å². The molecule has 2 rings (SSSR count). The zero-order chi connectivity index (χ0) is 14.2. The molecule has 0 spiro atoms. The summed E-state index contributed by atoms with van der Waals surface area (Å²) >= 11 is 0. The standard InChI is InChI=1S/C12H13ClFNO3S/c1-7-2-9(7)6-15-12(16)8-3-10(14)5-11(4-8)19(13,17)18/h3-5,7,9H,2,6H2,1H3,(H,15,16). The van der Waals surface area contributed by atoms with E-state index in [-0.39, 0.29) is 5.56 Å². The molecule has 1 aromatic rings. The van der Waals surface area contributed by atoms with Crippen LogP contribution in [0.1, 0.15) is 23.7 Å². The lowest BCUT2D eigenvalue weighted by Crippen LogP contribution is -2.26. The summed E-state index contributed by atoms with van der Waals surface area (Å²) in [7, 11) is 1.08. The number of amides is 1. The van der Waals surface area contributed by atoms with Gasteiger partial charge in [0.05, 0.1) is 4.90 Å². The van der Waals surface area contributed by atoms with Crippen LogP contribution >= 0.6 is 10.7 Å². The quantitative estimate of drug-likeness (QED) is 0.867. The van der Waals surface area contributed by atoms with Crippen LogP contribution in [-0.4, -0.2) is 20.9 Å². The monoisotopic (exact) mass is 305 g/mol. The molecule has 0 bridgehead atoms. The molecule has 0 radical (unpaired) electrons. The van der Waals surface area contributed by atoms with Crippen molar-refractivity contribution in [2.24, 2.45) is 11.8 Å². The zero-order valence-corrected chi connectivity index (χ0v) is 11.8. The SMILES string of the molecule is CC1CC1CNC(=O)c1cc(F)cc(S(=O)(=O)Cl)c1. The number of carbonyl (C=O) groups excluding carboxylic acids is 1. The molecule has 1 aromatic carbocycles. The number of hydrogen-bond donors (Lipinski definition) is 1. The lowest BCUT2D eigenvalue weighted by molar-refractivity contribution is 0.0950.